The van der Waals surface area contributed by atoms with E-state index in [0.29, 0.717) is 29.0 Å². The van der Waals surface area contributed by atoms with Gasteiger partial charge in [-0.25, -0.2) is 19.3 Å². The number of benzene rings is 1. The SMILES string of the molecule is CCOC(=O)C1=C(C)Nc2ccccc2N=C1NC(=O)CCc1c(C)nc2c(C#N)cnn2c1C. The minimum Gasteiger partial charge on any atom is -0.462 e. The molecule has 0 bridgehead atoms. The largest absolute Gasteiger partial charge is 0.462 e. The third-order valence-corrected chi connectivity index (χ3v) is 5.74. The van der Waals surface area contributed by atoms with Crippen LogP contribution in [-0.2, 0) is 20.7 Å². The maximum atomic E-state index is 13.0. The first-order chi connectivity index (χ1) is 16.8. The van der Waals surface area contributed by atoms with Crippen LogP contribution in [0.15, 0.2) is 46.7 Å². The molecular weight excluding hydrogens is 446 g/mol. The summed E-state index contributed by atoms with van der Waals surface area (Å²) in [7, 11) is 0. The number of aryl methyl sites for hydroxylation is 2. The fraction of sp³-hybridized carbons (Fsp3) is 0.280. The maximum Gasteiger partial charge on any atom is 0.343 e. The molecule has 0 spiro atoms. The average molecular weight is 472 g/mol. The van der Waals surface area contributed by atoms with Gasteiger partial charge in [0.05, 0.1) is 24.2 Å². The maximum absolute atomic E-state index is 13.0. The van der Waals surface area contributed by atoms with Gasteiger partial charge >= 0.3 is 5.97 Å². The van der Waals surface area contributed by atoms with Crippen molar-refractivity contribution in [1.82, 2.24) is 19.9 Å². The van der Waals surface area contributed by atoms with E-state index in [-0.39, 0.29) is 30.3 Å². The summed E-state index contributed by atoms with van der Waals surface area (Å²) in [6.45, 7) is 7.38. The first-order valence-electron chi connectivity index (χ1n) is 11.2. The molecule has 0 aliphatic carbocycles. The summed E-state index contributed by atoms with van der Waals surface area (Å²) in [5.74, 6) is -0.747. The number of carbonyl (C=O) groups excluding carboxylic acids is 2. The van der Waals surface area contributed by atoms with Gasteiger partial charge < -0.3 is 15.4 Å². The minimum atomic E-state index is -0.572. The Kier molecular flexibility index (Phi) is 6.59. The zero-order valence-electron chi connectivity index (χ0n) is 20.0. The quantitative estimate of drug-likeness (QED) is 0.546. The molecule has 0 unspecified atom stereocenters. The van der Waals surface area contributed by atoms with Crippen LogP contribution in [0.4, 0.5) is 11.4 Å². The Morgan fingerprint density at radius 1 is 1.23 bits per heavy atom. The third kappa shape index (κ3) is 4.61. The molecule has 0 atom stereocenters. The highest BCUT2D eigenvalue weighted by Gasteiger charge is 2.26. The van der Waals surface area contributed by atoms with E-state index >= 15 is 0 Å². The predicted octanol–water partition coefficient (Wildman–Crippen LogP) is 3.26. The number of rotatable bonds is 5. The number of nitriles is 1. The van der Waals surface area contributed by atoms with Gasteiger partial charge in [0.1, 0.15) is 23.0 Å². The lowest BCUT2D eigenvalue weighted by molar-refractivity contribution is -0.137. The molecule has 178 valence electrons. The number of amides is 1. The van der Waals surface area contributed by atoms with Crippen molar-refractivity contribution in [3.8, 4) is 6.07 Å². The minimum absolute atomic E-state index is 0.129. The number of nitrogens with zero attached hydrogens (tertiary/aromatic N) is 5. The van der Waals surface area contributed by atoms with E-state index in [9.17, 15) is 14.9 Å². The summed E-state index contributed by atoms with van der Waals surface area (Å²) in [4.78, 5) is 34.8. The summed E-state index contributed by atoms with van der Waals surface area (Å²) < 4.78 is 6.83. The monoisotopic (exact) mass is 471 g/mol. The van der Waals surface area contributed by atoms with Gasteiger partial charge in [-0.1, -0.05) is 12.1 Å². The zero-order chi connectivity index (χ0) is 25.1. The van der Waals surface area contributed by atoms with Gasteiger partial charge in [-0.3, -0.25) is 4.79 Å². The molecule has 1 aliphatic heterocycles. The lowest BCUT2D eigenvalue weighted by Crippen LogP contribution is -2.35. The fourth-order valence-corrected chi connectivity index (χ4v) is 4.02. The number of ether oxygens (including phenoxy) is 1. The number of esters is 1. The Morgan fingerprint density at radius 3 is 2.74 bits per heavy atom. The second-order valence-electron chi connectivity index (χ2n) is 8.04. The molecule has 4 rings (SSSR count). The predicted molar refractivity (Wildman–Crippen MR) is 130 cm³/mol. The van der Waals surface area contributed by atoms with E-state index in [1.165, 1.54) is 6.20 Å². The number of allylic oxidation sites excluding steroid dienone is 1. The molecule has 1 amide bonds. The Bertz CT molecular complexity index is 1440. The number of anilines is 1. The van der Waals surface area contributed by atoms with Crippen LogP contribution < -0.4 is 10.6 Å². The zero-order valence-corrected chi connectivity index (χ0v) is 20.0. The van der Waals surface area contributed by atoms with E-state index in [0.717, 1.165) is 22.6 Å². The van der Waals surface area contributed by atoms with Crippen molar-refractivity contribution in [1.29, 1.82) is 5.26 Å². The molecule has 0 saturated heterocycles. The highest BCUT2D eigenvalue weighted by Crippen LogP contribution is 2.30. The van der Waals surface area contributed by atoms with Gasteiger partial charge in [0.15, 0.2) is 5.65 Å². The highest BCUT2D eigenvalue weighted by atomic mass is 16.5. The van der Waals surface area contributed by atoms with Crippen LogP contribution in [0, 0.1) is 25.2 Å². The molecule has 0 saturated carbocycles. The van der Waals surface area contributed by atoms with Crippen molar-refractivity contribution in [3.05, 3.63) is 64.2 Å². The van der Waals surface area contributed by atoms with E-state index < -0.39 is 5.97 Å². The number of hydrogen-bond acceptors (Lipinski definition) is 8. The number of fused-ring (bicyclic) bond motifs is 2. The van der Waals surface area contributed by atoms with Crippen LogP contribution in [0.25, 0.3) is 5.65 Å². The number of aromatic nitrogens is 3. The Hall–Kier alpha value is -4.52. The van der Waals surface area contributed by atoms with E-state index in [1.54, 1.807) is 24.4 Å². The van der Waals surface area contributed by atoms with Crippen molar-refractivity contribution in [2.75, 3.05) is 11.9 Å². The molecule has 10 nitrogen and oxygen atoms in total. The molecule has 2 N–H and O–H groups in total. The van der Waals surface area contributed by atoms with Gasteiger partial charge in [0, 0.05) is 23.5 Å². The summed E-state index contributed by atoms with van der Waals surface area (Å²) in [6, 6.07) is 9.41. The Balaban J connectivity index is 1.60. The molecule has 35 heavy (non-hydrogen) atoms. The van der Waals surface area contributed by atoms with Crippen LogP contribution in [-0.4, -0.2) is 38.9 Å². The number of amidine groups is 1. The topological polar surface area (TPSA) is 134 Å². The van der Waals surface area contributed by atoms with E-state index in [2.05, 4.69) is 31.8 Å². The van der Waals surface area contributed by atoms with Crippen LogP contribution in [0.1, 0.15) is 42.8 Å². The molecule has 3 heterocycles. The third-order valence-electron chi connectivity index (χ3n) is 5.74. The molecule has 2 aromatic heterocycles. The van der Waals surface area contributed by atoms with Gasteiger partial charge in [0.2, 0.25) is 5.91 Å². The molecule has 1 aliphatic rings. The van der Waals surface area contributed by atoms with Crippen molar-refractivity contribution < 1.29 is 14.3 Å². The molecular formula is C25H25N7O3. The van der Waals surface area contributed by atoms with Gasteiger partial charge in [-0.05, 0) is 51.8 Å². The normalized spacial score (nSPS) is 12.8. The lowest BCUT2D eigenvalue weighted by atomic mass is 10.1. The van der Waals surface area contributed by atoms with Gasteiger partial charge in [-0.15, -0.1) is 0 Å². The number of para-hydroxylation sites is 2. The highest BCUT2D eigenvalue weighted by molar-refractivity contribution is 6.24. The standard InChI is InChI=1S/C25H25N7O3/c1-5-35-25(34)22-15(3)28-19-8-6-7-9-20(19)30-23(22)31-21(33)11-10-18-14(2)29-24-17(12-26)13-27-32(24)16(18)4/h6-9,13,28H,5,10-11H2,1-4H3,(H,30,31,33). The fourth-order valence-electron chi connectivity index (χ4n) is 4.02. The summed E-state index contributed by atoms with van der Waals surface area (Å²) in [5, 5.41) is 19.5. The summed E-state index contributed by atoms with van der Waals surface area (Å²) in [6.07, 6.45) is 2.01. The molecule has 1 aromatic carbocycles. The van der Waals surface area contributed by atoms with Crippen LogP contribution in [0.3, 0.4) is 0 Å². The van der Waals surface area contributed by atoms with Crippen molar-refractivity contribution >= 4 is 34.7 Å². The number of carbonyl (C=O) groups is 2. The molecule has 3 aromatic rings. The van der Waals surface area contributed by atoms with Crippen LogP contribution in [0.2, 0.25) is 0 Å². The second-order valence-corrected chi connectivity index (χ2v) is 8.04. The smallest absolute Gasteiger partial charge is 0.343 e. The average Bonchev–Trinajstić information content (AvgIpc) is 3.17. The molecule has 0 fully saturated rings. The molecule has 10 heteroatoms. The number of aliphatic imine (C=N–C) groups is 1. The Labute approximate surface area is 202 Å². The van der Waals surface area contributed by atoms with Crippen molar-refractivity contribution in [2.45, 2.75) is 40.5 Å². The summed E-state index contributed by atoms with van der Waals surface area (Å²) >= 11 is 0. The van der Waals surface area contributed by atoms with E-state index in [4.69, 9.17) is 4.74 Å². The lowest BCUT2D eigenvalue weighted by Gasteiger charge is -2.14. The van der Waals surface area contributed by atoms with Crippen molar-refractivity contribution in [2.24, 2.45) is 4.99 Å². The number of nitrogens with one attached hydrogen (secondary N) is 2. The number of hydrogen-bond donors (Lipinski definition) is 2. The van der Waals surface area contributed by atoms with Gasteiger partial charge in [-0.2, -0.15) is 10.4 Å². The Morgan fingerprint density at radius 2 is 2.00 bits per heavy atom. The van der Waals surface area contributed by atoms with Crippen molar-refractivity contribution in [3.63, 3.8) is 0 Å². The van der Waals surface area contributed by atoms with Crippen LogP contribution in [0.5, 0.6) is 0 Å². The summed E-state index contributed by atoms with van der Waals surface area (Å²) in [5.41, 5.74) is 5.32. The molecule has 0 radical (unpaired) electrons. The first kappa shape index (κ1) is 23.6. The second kappa shape index (κ2) is 9.77. The first-order valence-corrected chi connectivity index (χ1v) is 11.2. The van der Waals surface area contributed by atoms with Gasteiger partial charge in [0.25, 0.3) is 0 Å². The van der Waals surface area contributed by atoms with Crippen LogP contribution >= 0.6 is 0 Å². The van der Waals surface area contributed by atoms with E-state index in [1.807, 2.05) is 32.0 Å².